The Labute approximate surface area is 91.5 Å². The van der Waals surface area contributed by atoms with Crippen molar-refractivity contribution >= 4 is 12.4 Å². The van der Waals surface area contributed by atoms with Crippen LogP contribution in [0, 0.1) is 0 Å². The summed E-state index contributed by atoms with van der Waals surface area (Å²) < 4.78 is 0. The zero-order valence-electron chi connectivity index (χ0n) is 8.44. The van der Waals surface area contributed by atoms with Crippen LogP contribution in [0.3, 0.4) is 0 Å². The number of phenols is 1. The normalized spacial score (nSPS) is 11.9. The Kier molecular flexibility index (Phi) is 6.34. The smallest absolute Gasteiger partial charge is 0.115 e. The van der Waals surface area contributed by atoms with Crippen molar-refractivity contribution in [1.29, 1.82) is 0 Å². The predicted octanol–water partition coefficient (Wildman–Crippen LogP) is 3.00. The molecule has 1 rings (SSSR count). The number of halogens is 1. The lowest BCUT2D eigenvalue weighted by atomic mass is 10.0. The molecule has 0 amide bonds. The molecule has 0 saturated heterocycles. The Morgan fingerprint density at radius 2 is 1.86 bits per heavy atom. The fraction of sp³-hybridized carbons (Fsp3) is 0.455. The van der Waals surface area contributed by atoms with E-state index in [4.69, 9.17) is 10.8 Å². The van der Waals surface area contributed by atoms with Gasteiger partial charge in [-0.05, 0) is 24.1 Å². The molecule has 3 N–H and O–H groups in total. The van der Waals surface area contributed by atoms with Crippen LogP contribution >= 0.6 is 12.4 Å². The molecule has 0 aliphatic rings. The maximum Gasteiger partial charge on any atom is 0.115 e. The standard InChI is InChI=1S/C11H17NO.ClH/c1-2-3-4-11(12)9-5-7-10(13)8-6-9;/h5-8,11,13H,2-4,12H2,1H3;1H/t11-;/m1./s1. The summed E-state index contributed by atoms with van der Waals surface area (Å²) >= 11 is 0. The largest absolute Gasteiger partial charge is 0.508 e. The molecule has 1 aromatic carbocycles. The second-order valence-electron chi connectivity index (χ2n) is 3.34. The molecular formula is C11H18ClNO. The van der Waals surface area contributed by atoms with Crippen molar-refractivity contribution in [3.63, 3.8) is 0 Å². The van der Waals surface area contributed by atoms with Crippen molar-refractivity contribution in [3.8, 4) is 5.75 Å². The second kappa shape index (κ2) is 6.68. The van der Waals surface area contributed by atoms with E-state index >= 15 is 0 Å². The van der Waals surface area contributed by atoms with Gasteiger partial charge in [-0.15, -0.1) is 12.4 Å². The monoisotopic (exact) mass is 215 g/mol. The van der Waals surface area contributed by atoms with Crippen LogP contribution in [0.5, 0.6) is 5.75 Å². The Bertz CT molecular complexity index is 248. The minimum Gasteiger partial charge on any atom is -0.508 e. The number of unbranched alkanes of at least 4 members (excludes halogenated alkanes) is 1. The number of nitrogens with two attached hydrogens (primary N) is 1. The maximum atomic E-state index is 9.07. The first kappa shape index (κ1) is 13.3. The average molecular weight is 216 g/mol. The molecule has 1 atom stereocenters. The molecule has 0 heterocycles. The third kappa shape index (κ3) is 3.99. The summed E-state index contributed by atoms with van der Waals surface area (Å²) in [6.45, 7) is 2.16. The van der Waals surface area contributed by atoms with Crippen molar-refractivity contribution in [2.24, 2.45) is 5.73 Å². The molecule has 0 unspecified atom stereocenters. The van der Waals surface area contributed by atoms with Gasteiger partial charge in [-0.1, -0.05) is 31.9 Å². The molecule has 2 nitrogen and oxygen atoms in total. The van der Waals surface area contributed by atoms with Gasteiger partial charge in [-0.2, -0.15) is 0 Å². The number of benzene rings is 1. The molecule has 14 heavy (non-hydrogen) atoms. The zero-order valence-corrected chi connectivity index (χ0v) is 9.26. The molecule has 0 fully saturated rings. The predicted molar refractivity (Wildman–Crippen MR) is 61.8 cm³/mol. The third-order valence-corrected chi connectivity index (χ3v) is 2.19. The van der Waals surface area contributed by atoms with E-state index in [1.54, 1.807) is 12.1 Å². The fourth-order valence-corrected chi connectivity index (χ4v) is 1.31. The highest BCUT2D eigenvalue weighted by molar-refractivity contribution is 5.85. The van der Waals surface area contributed by atoms with Crippen LogP contribution in [0.15, 0.2) is 24.3 Å². The Morgan fingerprint density at radius 1 is 1.29 bits per heavy atom. The molecule has 1 aromatic rings. The molecule has 0 saturated carbocycles. The van der Waals surface area contributed by atoms with Gasteiger partial charge in [0.2, 0.25) is 0 Å². The van der Waals surface area contributed by atoms with E-state index in [2.05, 4.69) is 6.92 Å². The van der Waals surface area contributed by atoms with Gasteiger partial charge < -0.3 is 10.8 Å². The molecule has 0 aromatic heterocycles. The summed E-state index contributed by atoms with van der Waals surface area (Å²) in [6.07, 6.45) is 3.34. The summed E-state index contributed by atoms with van der Waals surface area (Å²) in [4.78, 5) is 0. The molecule has 0 aliphatic heterocycles. The van der Waals surface area contributed by atoms with Gasteiger partial charge in [0, 0.05) is 6.04 Å². The van der Waals surface area contributed by atoms with Gasteiger partial charge in [-0.25, -0.2) is 0 Å². The van der Waals surface area contributed by atoms with E-state index in [0.29, 0.717) is 5.75 Å². The quantitative estimate of drug-likeness (QED) is 0.811. The minimum absolute atomic E-state index is 0. The number of phenolic OH excluding ortho intramolecular Hbond substituents is 1. The molecular weight excluding hydrogens is 198 g/mol. The summed E-state index contributed by atoms with van der Waals surface area (Å²) in [5.74, 6) is 0.298. The SMILES string of the molecule is CCCC[C@@H](N)c1ccc(O)cc1.Cl. The zero-order chi connectivity index (χ0) is 9.68. The molecule has 0 aliphatic carbocycles. The van der Waals surface area contributed by atoms with Crippen LogP contribution in [-0.4, -0.2) is 5.11 Å². The van der Waals surface area contributed by atoms with Gasteiger partial charge in [-0.3, -0.25) is 0 Å². The molecule has 0 spiro atoms. The second-order valence-corrected chi connectivity index (χ2v) is 3.34. The topological polar surface area (TPSA) is 46.2 Å². The van der Waals surface area contributed by atoms with Crippen molar-refractivity contribution in [3.05, 3.63) is 29.8 Å². The first-order valence-corrected chi connectivity index (χ1v) is 4.78. The first-order valence-electron chi connectivity index (χ1n) is 4.78. The summed E-state index contributed by atoms with van der Waals surface area (Å²) in [7, 11) is 0. The van der Waals surface area contributed by atoms with E-state index in [-0.39, 0.29) is 18.4 Å². The molecule has 0 bridgehead atoms. The van der Waals surface area contributed by atoms with Gasteiger partial charge in [0.25, 0.3) is 0 Å². The highest BCUT2D eigenvalue weighted by Gasteiger charge is 2.04. The van der Waals surface area contributed by atoms with Crippen LogP contribution in [0.25, 0.3) is 0 Å². The highest BCUT2D eigenvalue weighted by Crippen LogP contribution is 2.18. The highest BCUT2D eigenvalue weighted by atomic mass is 35.5. The van der Waals surface area contributed by atoms with Crippen LogP contribution in [0.4, 0.5) is 0 Å². The number of hydrogen-bond donors (Lipinski definition) is 2. The molecule has 3 heteroatoms. The average Bonchev–Trinajstić information content (AvgIpc) is 2.15. The minimum atomic E-state index is 0. The van der Waals surface area contributed by atoms with Crippen molar-refractivity contribution in [2.75, 3.05) is 0 Å². The maximum absolute atomic E-state index is 9.07. The third-order valence-electron chi connectivity index (χ3n) is 2.19. The number of rotatable bonds is 4. The van der Waals surface area contributed by atoms with Crippen LogP contribution in [0.2, 0.25) is 0 Å². The molecule has 0 radical (unpaired) electrons. The summed E-state index contributed by atoms with van der Waals surface area (Å²) in [6, 6.07) is 7.24. The lowest BCUT2D eigenvalue weighted by Crippen LogP contribution is -2.09. The van der Waals surface area contributed by atoms with Crippen molar-refractivity contribution in [2.45, 2.75) is 32.2 Å². The van der Waals surface area contributed by atoms with E-state index < -0.39 is 0 Å². The van der Waals surface area contributed by atoms with E-state index in [1.807, 2.05) is 12.1 Å². The van der Waals surface area contributed by atoms with Crippen LogP contribution in [0.1, 0.15) is 37.8 Å². The van der Waals surface area contributed by atoms with Gasteiger partial charge in [0.05, 0.1) is 0 Å². The van der Waals surface area contributed by atoms with Gasteiger partial charge in [0.1, 0.15) is 5.75 Å². The Hall–Kier alpha value is -0.730. The van der Waals surface area contributed by atoms with Gasteiger partial charge in [0.15, 0.2) is 0 Å². The lowest BCUT2D eigenvalue weighted by Gasteiger charge is -2.10. The summed E-state index contributed by atoms with van der Waals surface area (Å²) in [5, 5.41) is 9.07. The Balaban J connectivity index is 0.00000169. The fourth-order valence-electron chi connectivity index (χ4n) is 1.31. The first-order chi connectivity index (χ1) is 6.24. The van der Waals surface area contributed by atoms with Crippen LogP contribution in [-0.2, 0) is 0 Å². The van der Waals surface area contributed by atoms with E-state index in [0.717, 1.165) is 18.4 Å². The summed E-state index contributed by atoms with van der Waals surface area (Å²) in [5.41, 5.74) is 7.05. The van der Waals surface area contributed by atoms with Crippen molar-refractivity contribution < 1.29 is 5.11 Å². The van der Waals surface area contributed by atoms with Crippen LogP contribution < -0.4 is 5.73 Å². The lowest BCUT2D eigenvalue weighted by molar-refractivity contribution is 0.474. The Morgan fingerprint density at radius 3 is 2.36 bits per heavy atom. The van der Waals surface area contributed by atoms with E-state index in [1.165, 1.54) is 6.42 Å². The van der Waals surface area contributed by atoms with Gasteiger partial charge >= 0.3 is 0 Å². The van der Waals surface area contributed by atoms with Crippen molar-refractivity contribution in [1.82, 2.24) is 0 Å². The van der Waals surface area contributed by atoms with E-state index in [9.17, 15) is 0 Å². The molecule has 80 valence electrons. The number of hydrogen-bond acceptors (Lipinski definition) is 2. The number of aromatic hydroxyl groups is 1.